The first-order valence-corrected chi connectivity index (χ1v) is 7.62. The minimum absolute atomic E-state index is 0.119. The number of hydrogen-bond donors (Lipinski definition) is 3. The predicted molar refractivity (Wildman–Crippen MR) is 84.6 cm³/mol. The van der Waals surface area contributed by atoms with Crippen molar-refractivity contribution in [3.8, 4) is 0 Å². The number of carboxylic acid groups (broad SMARTS) is 1. The first kappa shape index (κ1) is 15.8. The molecule has 1 aromatic rings. The van der Waals surface area contributed by atoms with Gasteiger partial charge < -0.3 is 15.7 Å². The van der Waals surface area contributed by atoms with E-state index in [-0.39, 0.29) is 16.9 Å². The van der Waals surface area contributed by atoms with Gasteiger partial charge in [0.05, 0.1) is 0 Å². The van der Waals surface area contributed by atoms with E-state index in [4.69, 9.17) is 0 Å². The van der Waals surface area contributed by atoms with Gasteiger partial charge in [-0.2, -0.15) is 0 Å². The Morgan fingerprint density at radius 3 is 2.29 bits per heavy atom. The lowest BCUT2D eigenvalue weighted by Gasteiger charge is -2.49. The summed E-state index contributed by atoms with van der Waals surface area (Å²) in [5, 5.41) is 15.5. The molecule has 3 N–H and O–H groups in total. The largest absolute Gasteiger partial charge is 0.465 e. The van der Waals surface area contributed by atoms with Gasteiger partial charge in [-0.1, -0.05) is 51.1 Å². The number of piperidine rings is 1. The first-order valence-electron chi connectivity index (χ1n) is 7.62. The number of hydrogen-bond acceptors (Lipinski definition) is 2. The molecule has 0 radical (unpaired) electrons. The van der Waals surface area contributed by atoms with Crippen LogP contribution < -0.4 is 10.6 Å². The molecule has 1 heterocycles. The Labute approximate surface area is 126 Å². The lowest BCUT2D eigenvalue weighted by molar-refractivity contribution is 0.115. The molecule has 4 nitrogen and oxygen atoms in total. The quantitative estimate of drug-likeness (QED) is 0.802. The molecule has 4 heteroatoms. The highest BCUT2D eigenvalue weighted by Gasteiger charge is 2.47. The van der Waals surface area contributed by atoms with Crippen molar-refractivity contribution in [1.29, 1.82) is 0 Å². The summed E-state index contributed by atoms with van der Waals surface area (Å²) in [4.78, 5) is 11.3. The second kappa shape index (κ2) is 6.06. The van der Waals surface area contributed by atoms with E-state index in [0.717, 1.165) is 25.9 Å². The average molecular weight is 290 g/mol. The van der Waals surface area contributed by atoms with Gasteiger partial charge in [0.1, 0.15) is 0 Å². The Hall–Kier alpha value is -1.55. The zero-order valence-corrected chi connectivity index (χ0v) is 13.1. The van der Waals surface area contributed by atoms with Crippen molar-refractivity contribution in [3.05, 3.63) is 35.9 Å². The van der Waals surface area contributed by atoms with Crippen LogP contribution in [0.25, 0.3) is 0 Å². The van der Waals surface area contributed by atoms with Crippen LogP contribution in [0.3, 0.4) is 0 Å². The maximum Gasteiger partial charge on any atom is 0.404 e. The SMILES string of the molecule is CC(C)(C)C(NC(=O)O)C1(c2ccccc2)CCNCC1. The Kier molecular flexibility index (Phi) is 4.57. The molecular weight excluding hydrogens is 264 g/mol. The molecule has 1 saturated heterocycles. The van der Waals surface area contributed by atoms with E-state index in [9.17, 15) is 9.90 Å². The predicted octanol–water partition coefficient (Wildman–Crippen LogP) is 2.99. The van der Waals surface area contributed by atoms with Crippen LogP contribution in [0.5, 0.6) is 0 Å². The number of benzene rings is 1. The molecule has 116 valence electrons. The maximum atomic E-state index is 11.3. The summed E-state index contributed by atoms with van der Waals surface area (Å²) in [6, 6.07) is 10.2. The van der Waals surface area contributed by atoms with Gasteiger partial charge in [-0.3, -0.25) is 0 Å². The molecule has 0 aromatic heterocycles. The van der Waals surface area contributed by atoms with Gasteiger partial charge in [0.25, 0.3) is 0 Å². The number of carbonyl (C=O) groups is 1. The van der Waals surface area contributed by atoms with E-state index in [1.807, 2.05) is 18.2 Å². The van der Waals surface area contributed by atoms with Crippen LogP contribution in [0.4, 0.5) is 4.79 Å². The highest BCUT2D eigenvalue weighted by molar-refractivity contribution is 5.65. The van der Waals surface area contributed by atoms with Crippen molar-refractivity contribution < 1.29 is 9.90 Å². The van der Waals surface area contributed by atoms with E-state index in [1.54, 1.807) is 0 Å². The van der Waals surface area contributed by atoms with E-state index in [2.05, 4.69) is 43.5 Å². The van der Waals surface area contributed by atoms with E-state index < -0.39 is 6.09 Å². The molecule has 0 bridgehead atoms. The highest BCUT2D eigenvalue weighted by atomic mass is 16.4. The summed E-state index contributed by atoms with van der Waals surface area (Å²) in [6.07, 6.45) is 0.946. The fourth-order valence-corrected chi connectivity index (χ4v) is 3.69. The van der Waals surface area contributed by atoms with Gasteiger partial charge in [0.15, 0.2) is 0 Å². The number of amides is 1. The van der Waals surface area contributed by atoms with E-state index in [1.165, 1.54) is 5.56 Å². The monoisotopic (exact) mass is 290 g/mol. The van der Waals surface area contributed by atoms with Crippen LogP contribution in [-0.2, 0) is 5.41 Å². The molecule has 1 aliphatic rings. The van der Waals surface area contributed by atoms with Crippen LogP contribution in [0.2, 0.25) is 0 Å². The van der Waals surface area contributed by atoms with Gasteiger partial charge >= 0.3 is 6.09 Å². The summed E-state index contributed by atoms with van der Waals surface area (Å²) in [7, 11) is 0. The van der Waals surface area contributed by atoms with Crippen molar-refractivity contribution in [3.63, 3.8) is 0 Å². The minimum Gasteiger partial charge on any atom is -0.465 e. The third-order valence-electron chi connectivity index (χ3n) is 4.53. The first-order chi connectivity index (χ1) is 9.86. The minimum atomic E-state index is -0.941. The topological polar surface area (TPSA) is 61.4 Å². The fraction of sp³-hybridized carbons (Fsp3) is 0.588. The van der Waals surface area contributed by atoms with E-state index in [0.29, 0.717) is 0 Å². The average Bonchev–Trinajstić information content (AvgIpc) is 2.45. The zero-order chi connectivity index (χ0) is 15.5. The zero-order valence-electron chi connectivity index (χ0n) is 13.1. The van der Waals surface area contributed by atoms with Gasteiger partial charge in [0, 0.05) is 11.5 Å². The van der Waals surface area contributed by atoms with Crippen LogP contribution in [-0.4, -0.2) is 30.3 Å². The Balaban J connectivity index is 2.49. The lowest BCUT2D eigenvalue weighted by Crippen LogP contribution is -2.60. The third kappa shape index (κ3) is 3.38. The molecule has 1 fully saturated rings. The van der Waals surface area contributed by atoms with E-state index >= 15 is 0 Å². The molecule has 1 aromatic carbocycles. The third-order valence-corrected chi connectivity index (χ3v) is 4.53. The van der Waals surface area contributed by atoms with Crippen molar-refractivity contribution >= 4 is 6.09 Å². The normalized spacial score (nSPS) is 19.8. The molecule has 21 heavy (non-hydrogen) atoms. The highest BCUT2D eigenvalue weighted by Crippen LogP contribution is 2.43. The van der Waals surface area contributed by atoms with Gasteiger partial charge in [-0.25, -0.2) is 4.79 Å². The molecule has 1 aliphatic heterocycles. The molecular formula is C17H26N2O2. The van der Waals surface area contributed by atoms with Crippen LogP contribution in [0.1, 0.15) is 39.2 Å². The summed E-state index contributed by atoms with van der Waals surface area (Å²) in [6.45, 7) is 8.17. The molecule has 0 aliphatic carbocycles. The molecule has 2 rings (SSSR count). The van der Waals surface area contributed by atoms with Gasteiger partial charge in [0.2, 0.25) is 0 Å². The second-order valence-electron chi connectivity index (χ2n) is 7.02. The smallest absolute Gasteiger partial charge is 0.404 e. The summed E-state index contributed by atoms with van der Waals surface area (Å²) < 4.78 is 0. The molecule has 0 saturated carbocycles. The van der Waals surface area contributed by atoms with Gasteiger partial charge in [-0.15, -0.1) is 0 Å². The van der Waals surface area contributed by atoms with Crippen molar-refractivity contribution in [2.75, 3.05) is 13.1 Å². The molecule has 1 unspecified atom stereocenters. The summed E-state index contributed by atoms with van der Waals surface area (Å²) in [5.41, 5.74) is 0.939. The van der Waals surface area contributed by atoms with Gasteiger partial charge in [-0.05, 0) is 36.9 Å². The van der Waals surface area contributed by atoms with Crippen molar-refractivity contribution in [2.45, 2.75) is 45.1 Å². The fourth-order valence-electron chi connectivity index (χ4n) is 3.69. The van der Waals surface area contributed by atoms with Crippen molar-refractivity contribution in [1.82, 2.24) is 10.6 Å². The second-order valence-corrected chi connectivity index (χ2v) is 7.02. The maximum absolute atomic E-state index is 11.3. The Morgan fingerprint density at radius 1 is 1.24 bits per heavy atom. The number of nitrogens with one attached hydrogen (secondary N) is 2. The van der Waals surface area contributed by atoms with Crippen molar-refractivity contribution in [2.24, 2.45) is 5.41 Å². The molecule has 1 amide bonds. The Bertz CT molecular complexity index is 473. The summed E-state index contributed by atoms with van der Waals surface area (Å²) >= 11 is 0. The van der Waals surface area contributed by atoms with Crippen LogP contribution in [0.15, 0.2) is 30.3 Å². The Morgan fingerprint density at radius 2 is 1.81 bits per heavy atom. The summed E-state index contributed by atoms with van der Waals surface area (Å²) in [5.74, 6) is 0. The molecule has 0 spiro atoms. The standard InChI is InChI=1S/C17H26N2O2/c1-16(2,3)14(19-15(20)21)17(9-11-18-12-10-17)13-7-5-4-6-8-13/h4-8,14,18-19H,9-12H2,1-3H3,(H,20,21). The van der Waals surface area contributed by atoms with Crippen LogP contribution in [0, 0.1) is 5.41 Å². The lowest BCUT2D eigenvalue weighted by atomic mass is 9.61. The molecule has 1 atom stereocenters. The van der Waals surface area contributed by atoms with Crippen LogP contribution >= 0.6 is 0 Å². The number of rotatable bonds is 3.